The zero-order valence-corrected chi connectivity index (χ0v) is 7.53. The molecule has 0 saturated heterocycles. The van der Waals surface area contributed by atoms with Gasteiger partial charge in [-0.2, -0.15) is 0 Å². The van der Waals surface area contributed by atoms with Crippen LogP contribution in [0.3, 0.4) is 0 Å². The highest BCUT2D eigenvalue weighted by Crippen LogP contribution is 2.23. The van der Waals surface area contributed by atoms with Crippen molar-refractivity contribution < 1.29 is 5.11 Å². The van der Waals surface area contributed by atoms with Gasteiger partial charge in [0, 0.05) is 5.75 Å². The van der Waals surface area contributed by atoms with Crippen molar-refractivity contribution in [3.63, 3.8) is 0 Å². The summed E-state index contributed by atoms with van der Waals surface area (Å²) in [4.78, 5) is 0. The van der Waals surface area contributed by atoms with E-state index in [4.69, 9.17) is 12.6 Å². The lowest BCUT2D eigenvalue weighted by Crippen LogP contribution is -1.85. The molecule has 0 atom stereocenters. The molecule has 0 aromatic heterocycles. The zero-order valence-electron chi connectivity index (χ0n) is 6.72. The summed E-state index contributed by atoms with van der Waals surface area (Å²) in [6.45, 7) is 3.77. The van der Waals surface area contributed by atoms with Crippen molar-refractivity contribution in [1.29, 1.82) is 0 Å². The second-order valence-electron chi connectivity index (χ2n) is 2.72. The molecule has 59 valence electrons. The van der Waals surface area contributed by atoms with Crippen LogP contribution in [0.25, 0.3) is 0 Å². The molecule has 0 heterocycles. The fourth-order valence-corrected chi connectivity index (χ4v) is 1.30. The van der Waals surface area contributed by atoms with Gasteiger partial charge in [-0.05, 0) is 30.5 Å². The molecule has 1 nitrogen and oxygen atoms in total. The smallest absolute Gasteiger partial charge is 0.121 e. The Morgan fingerprint density at radius 2 is 1.73 bits per heavy atom. The average Bonchev–Trinajstić information content (AvgIpc) is 1.99. The molecular weight excluding hydrogens is 156 g/mol. The summed E-state index contributed by atoms with van der Waals surface area (Å²) in [5.74, 6) is 0.999. The predicted molar refractivity (Wildman–Crippen MR) is 48.9 cm³/mol. The Morgan fingerprint density at radius 3 is 2.09 bits per heavy atom. The van der Waals surface area contributed by atoms with Gasteiger partial charge in [-0.25, -0.2) is 0 Å². The van der Waals surface area contributed by atoms with Crippen LogP contribution in [0.1, 0.15) is 16.7 Å². The van der Waals surface area contributed by atoms with Gasteiger partial charge in [0.05, 0.1) is 0 Å². The maximum atomic E-state index is 9.39. The molecule has 1 aromatic carbocycles. The number of benzene rings is 1. The summed E-state index contributed by atoms with van der Waals surface area (Å²) in [7, 11) is 0. The van der Waals surface area contributed by atoms with Crippen LogP contribution in [0.2, 0.25) is 0 Å². The summed E-state index contributed by atoms with van der Waals surface area (Å²) < 4.78 is 0. The van der Waals surface area contributed by atoms with Gasteiger partial charge in [-0.15, -0.1) is 0 Å². The van der Waals surface area contributed by atoms with Gasteiger partial charge < -0.3 is 5.11 Å². The minimum absolute atomic E-state index is 0.386. The van der Waals surface area contributed by atoms with Crippen molar-refractivity contribution >= 4 is 12.6 Å². The van der Waals surface area contributed by atoms with Crippen LogP contribution in [-0.2, 0) is 5.75 Å². The molecule has 0 aliphatic rings. The molecule has 11 heavy (non-hydrogen) atoms. The highest BCUT2D eigenvalue weighted by atomic mass is 32.1. The number of hydrogen-bond donors (Lipinski definition) is 1. The number of rotatable bonds is 1. The van der Waals surface area contributed by atoms with Crippen LogP contribution in [0, 0.1) is 13.8 Å². The molecule has 0 spiro atoms. The minimum Gasteiger partial charge on any atom is -0.507 e. The van der Waals surface area contributed by atoms with Crippen LogP contribution < -0.4 is 0 Å². The fourth-order valence-electron chi connectivity index (χ4n) is 1.13. The van der Waals surface area contributed by atoms with E-state index in [1.165, 1.54) is 0 Å². The SMILES string of the molecule is Cc1cc(C[S])cc(C)c1O. The van der Waals surface area contributed by atoms with Crippen molar-refractivity contribution in [3.05, 3.63) is 28.8 Å². The van der Waals surface area contributed by atoms with Crippen LogP contribution in [0.4, 0.5) is 0 Å². The molecule has 0 unspecified atom stereocenters. The number of phenols is 1. The van der Waals surface area contributed by atoms with Crippen LogP contribution in [0.5, 0.6) is 5.75 Å². The van der Waals surface area contributed by atoms with Gasteiger partial charge in [-0.3, -0.25) is 0 Å². The first-order chi connectivity index (χ1) is 5.15. The lowest BCUT2D eigenvalue weighted by molar-refractivity contribution is 0.466. The molecule has 1 rings (SSSR count). The van der Waals surface area contributed by atoms with Gasteiger partial charge >= 0.3 is 0 Å². The highest BCUT2D eigenvalue weighted by Gasteiger charge is 2.01. The quantitative estimate of drug-likeness (QED) is 0.681. The van der Waals surface area contributed by atoms with Crippen LogP contribution in [-0.4, -0.2) is 5.11 Å². The van der Waals surface area contributed by atoms with Crippen molar-refractivity contribution in [2.45, 2.75) is 19.6 Å². The number of aryl methyl sites for hydroxylation is 2. The van der Waals surface area contributed by atoms with E-state index in [0.29, 0.717) is 11.5 Å². The standard InChI is InChI=1S/C9H11OS/c1-6-3-8(5-11)4-7(2)9(6)10/h3-4,10H,5H2,1-2H3. The maximum Gasteiger partial charge on any atom is 0.121 e. The molecule has 1 N–H and O–H groups in total. The third-order valence-electron chi connectivity index (χ3n) is 1.72. The lowest BCUT2D eigenvalue weighted by atomic mass is 10.1. The molecule has 0 amide bonds. The Kier molecular flexibility index (Phi) is 2.45. The lowest BCUT2D eigenvalue weighted by Gasteiger charge is -2.04. The third-order valence-corrected chi connectivity index (χ3v) is 2.05. The molecular formula is C9H11OS. The second-order valence-corrected chi connectivity index (χ2v) is 3.01. The summed E-state index contributed by atoms with van der Waals surface area (Å²) in [5.41, 5.74) is 2.92. The minimum atomic E-state index is 0.386. The van der Waals surface area contributed by atoms with Crippen LogP contribution >= 0.6 is 12.6 Å². The van der Waals surface area contributed by atoms with E-state index in [1.54, 1.807) is 0 Å². The highest BCUT2D eigenvalue weighted by molar-refractivity contribution is 7.79. The van der Waals surface area contributed by atoms with Crippen molar-refractivity contribution in [2.24, 2.45) is 0 Å². The largest absolute Gasteiger partial charge is 0.507 e. The van der Waals surface area contributed by atoms with Gasteiger partial charge in [-0.1, -0.05) is 24.8 Å². The van der Waals surface area contributed by atoms with Crippen molar-refractivity contribution in [1.82, 2.24) is 0 Å². The number of hydrogen-bond acceptors (Lipinski definition) is 1. The summed E-state index contributed by atoms with van der Waals surface area (Å²) in [6, 6.07) is 3.85. The Labute approximate surface area is 72.5 Å². The molecule has 0 saturated carbocycles. The normalized spacial score (nSPS) is 10.1. The van der Waals surface area contributed by atoms with E-state index in [-0.39, 0.29) is 0 Å². The molecule has 0 bridgehead atoms. The topological polar surface area (TPSA) is 20.2 Å². The van der Waals surface area contributed by atoms with E-state index >= 15 is 0 Å². The molecule has 2 heteroatoms. The van der Waals surface area contributed by atoms with Gasteiger partial charge in [0.2, 0.25) is 0 Å². The Morgan fingerprint density at radius 1 is 1.27 bits per heavy atom. The van der Waals surface area contributed by atoms with Crippen molar-refractivity contribution in [2.75, 3.05) is 0 Å². The average molecular weight is 167 g/mol. The molecule has 1 aromatic rings. The van der Waals surface area contributed by atoms with E-state index in [9.17, 15) is 5.11 Å². The van der Waals surface area contributed by atoms with Gasteiger partial charge in [0.15, 0.2) is 0 Å². The summed E-state index contributed by atoms with van der Waals surface area (Å²) in [5, 5.41) is 9.39. The van der Waals surface area contributed by atoms with Crippen LogP contribution in [0.15, 0.2) is 12.1 Å². The van der Waals surface area contributed by atoms with E-state index in [1.807, 2.05) is 26.0 Å². The van der Waals surface area contributed by atoms with Gasteiger partial charge in [0.1, 0.15) is 5.75 Å². The summed E-state index contributed by atoms with van der Waals surface area (Å²) in [6.07, 6.45) is 0. The third kappa shape index (κ3) is 1.69. The maximum absolute atomic E-state index is 9.39. The number of phenolic OH excluding ortho intramolecular Hbond substituents is 1. The van der Waals surface area contributed by atoms with E-state index in [0.717, 1.165) is 16.7 Å². The van der Waals surface area contributed by atoms with E-state index < -0.39 is 0 Å². The first-order valence-electron chi connectivity index (χ1n) is 3.52. The Hall–Kier alpha value is -0.630. The second kappa shape index (κ2) is 3.18. The first kappa shape index (κ1) is 8.47. The molecule has 0 aliphatic heterocycles. The molecule has 1 radical (unpaired) electrons. The predicted octanol–water partition coefficient (Wildman–Crippen LogP) is 2.71. The first-order valence-corrected chi connectivity index (χ1v) is 4.10. The Bertz CT molecular complexity index is 245. The summed E-state index contributed by atoms with van der Waals surface area (Å²) >= 11 is 4.90. The Balaban J connectivity index is 3.21. The monoisotopic (exact) mass is 167 g/mol. The zero-order chi connectivity index (χ0) is 8.43. The van der Waals surface area contributed by atoms with Crippen molar-refractivity contribution in [3.8, 4) is 5.75 Å². The van der Waals surface area contributed by atoms with Gasteiger partial charge in [0.25, 0.3) is 0 Å². The van der Waals surface area contributed by atoms with E-state index in [2.05, 4.69) is 0 Å². The molecule has 0 fully saturated rings. The number of aromatic hydroxyl groups is 1. The fraction of sp³-hybridized carbons (Fsp3) is 0.333. The molecule has 0 aliphatic carbocycles.